The highest BCUT2D eigenvalue weighted by Gasteiger charge is 2.26. The molecule has 1 fully saturated rings. The quantitative estimate of drug-likeness (QED) is 0.282. The summed E-state index contributed by atoms with van der Waals surface area (Å²) in [5, 5.41) is 1.41. The van der Waals surface area contributed by atoms with Gasteiger partial charge >= 0.3 is 0 Å². The summed E-state index contributed by atoms with van der Waals surface area (Å²) in [6.45, 7) is 2.43. The fraction of sp³-hybridized carbons (Fsp3) is 0.294. The number of hydrogen-bond acceptors (Lipinski definition) is 2. The van der Waals surface area contributed by atoms with Crippen LogP contribution in [0.1, 0.15) is 18.4 Å². The SMILES string of the molecule is Cc1cc(I)ccc1N(OCC1CC1)c1ccc(Br)c(F)c1F. The van der Waals surface area contributed by atoms with Crippen LogP contribution in [-0.4, -0.2) is 6.61 Å². The Morgan fingerprint density at radius 1 is 1.17 bits per heavy atom. The molecule has 2 aromatic rings. The van der Waals surface area contributed by atoms with Gasteiger partial charge in [-0.3, -0.25) is 4.84 Å². The minimum atomic E-state index is -0.923. The van der Waals surface area contributed by atoms with Gasteiger partial charge in [-0.25, -0.2) is 13.8 Å². The van der Waals surface area contributed by atoms with Gasteiger partial charge in [-0.15, -0.1) is 0 Å². The van der Waals surface area contributed by atoms with E-state index in [2.05, 4.69) is 38.5 Å². The highest BCUT2D eigenvalue weighted by Crippen LogP contribution is 2.36. The van der Waals surface area contributed by atoms with E-state index in [4.69, 9.17) is 4.84 Å². The number of anilines is 2. The molecule has 0 aliphatic heterocycles. The fourth-order valence-corrected chi connectivity index (χ4v) is 3.21. The van der Waals surface area contributed by atoms with Gasteiger partial charge in [0, 0.05) is 3.57 Å². The Bertz CT molecular complexity index is 737. The second-order valence-corrected chi connectivity index (χ2v) is 7.76. The molecule has 23 heavy (non-hydrogen) atoms. The lowest BCUT2D eigenvalue weighted by atomic mass is 10.2. The number of rotatable bonds is 5. The van der Waals surface area contributed by atoms with Crippen molar-refractivity contribution in [3.63, 3.8) is 0 Å². The summed E-state index contributed by atoms with van der Waals surface area (Å²) in [5.41, 5.74) is 1.73. The van der Waals surface area contributed by atoms with Crippen LogP contribution in [0.2, 0.25) is 0 Å². The molecule has 0 aromatic heterocycles. The molecular weight excluding hydrogens is 479 g/mol. The molecule has 0 spiro atoms. The van der Waals surface area contributed by atoms with Crippen molar-refractivity contribution in [2.45, 2.75) is 19.8 Å². The predicted octanol–water partition coefficient (Wildman–Crippen LogP) is 6.12. The normalized spacial score (nSPS) is 14.1. The monoisotopic (exact) mass is 493 g/mol. The second kappa shape index (κ2) is 7.03. The number of halogens is 4. The van der Waals surface area contributed by atoms with E-state index in [0.717, 1.165) is 22.0 Å². The van der Waals surface area contributed by atoms with Crippen LogP contribution < -0.4 is 5.06 Å². The Morgan fingerprint density at radius 2 is 1.87 bits per heavy atom. The van der Waals surface area contributed by atoms with E-state index in [1.807, 2.05) is 25.1 Å². The molecule has 0 unspecified atom stereocenters. The first-order valence-corrected chi connectivity index (χ1v) is 9.17. The lowest BCUT2D eigenvalue weighted by Gasteiger charge is -2.26. The largest absolute Gasteiger partial charge is 0.268 e. The molecule has 0 radical (unpaired) electrons. The molecule has 1 aliphatic rings. The van der Waals surface area contributed by atoms with Gasteiger partial charge in [0.2, 0.25) is 0 Å². The zero-order chi connectivity index (χ0) is 16.6. The minimum absolute atomic E-state index is 0.0793. The van der Waals surface area contributed by atoms with Gasteiger partial charge in [0.1, 0.15) is 5.69 Å². The van der Waals surface area contributed by atoms with Gasteiger partial charge in [-0.2, -0.15) is 0 Å². The summed E-state index contributed by atoms with van der Waals surface area (Å²) in [5.74, 6) is -1.33. The van der Waals surface area contributed by atoms with Gasteiger partial charge in [0.05, 0.1) is 16.8 Å². The lowest BCUT2D eigenvalue weighted by Crippen LogP contribution is -2.21. The van der Waals surface area contributed by atoms with Gasteiger partial charge in [-0.05, 0) is 100 Å². The van der Waals surface area contributed by atoms with Gasteiger partial charge in [-0.1, -0.05) is 0 Å². The number of nitrogens with zero attached hydrogens (tertiary/aromatic N) is 1. The van der Waals surface area contributed by atoms with Crippen molar-refractivity contribution in [1.82, 2.24) is 0 Å². The predicted molar refractivity (Wildman–Crippen MR) is 98.8 cm³/mol. The van der Waals surface area contributed by atoms with E-state index in [9.17, 15) is 8.78 Å². The first-order chi connectivity index (χ1) is 11.0. The van der Waals surface area contributed by atoms with Crippen molar-refractivity contribution >= 4 is 49.9 Å². The van der Waals surface area contributed by atoms with Crippen LogP contribution in [-0.2, 0) is 4.84 Å². The van der Waals surface area contributed by atoms with Crippen LogP contribution in [0.3, 0.4) is 0 Å². The molecule has 0 N–H and O–H groups in total. The number of hydrogen-bond donors (Lipinski definition) is 0. The maximum Gasteiger partial charge on any atom is 0.186 e. The Hall–Kier alpha value is -0.730. The van der Waals surface area contributed by atoms with E-state index in [-0.39, 0.29) is 10.2 Å². The molecule has 0 bridgehead atoms. The average Bonchev–Trinajstić information content (AvgIpc) is 3.32. The number of aryl methyl sites for hydroxylation is 1. The molecule has 0 atom stereocenters. The molecule has 2 nitrogen and oxygen atoms in total. The fourth-order valence-electron chi connectivity index (χ4n) is 2.25. The Morgan fingerprint density at radius 3 is 2.52 bits per heavy atom. The summed E-state index contributed by atoms with van der Waals surface area (Å²) in [6, 6.07) is 8.78. The van der Waals surface area contributed by atoms with Crippen LogP contribution >= 0.6 is 38.5 Å². The summed E-state index contributed by atoms with van der Waals surface area (Å²) < 4.78 is 29.5. The summed E-state index contributed by atoms with van der Waals surface area (Å²) in [7, 11) is 0. The maximum atomic E-state index is 14.4. The molecular formula is C17H15BrF2INO. The Kier molecular flexibility index (Phi) is 5.22. The first-order valence-electron chi connectivity index (χ1n) is 7.30. The van der Waals surface area contributed by atoms with Crippen molar-refractivity contribution < 1.29 is 13.6 Å². The van der Waals surface area contributed by atoms with Gasteiger partial charge < -0.3 is 0 Å². The van der Waals surface area contributed by atoms with Crippen molar-refractivity contribution in [2.75, 3.05) is 11.7 Å². The highest BCUT2D eigenvalue weighted by atomic mass is 127. The third kappa shape index (κ3) is 3.85. The van der Waals surface area contributed by atoms with Crippen LogP contribution in [0.5, 0.6) is 0 Å². The summed E-state index contributed by atoms with van der Waals surface area (Å²) in [6.07, 6.45) is 2.24. The molecule has 0 saturated heterocycles. The van der Waals surface area contributed by atoms with Gasteiger partial charge in [0.15, 0.2) is 11.6 Å². The van der Waals surface area contributed by atoms with Crippen molar-refractivity contribution in [2.24, 2.45) is 5.92 Å². The third-order valence-electron chi connectivity index (χ3n) is 3.75. The molecule has 0 heterocycles. The molecule has 3 rings (SSSR count). The van der Waals surface area contributed by atoms with Crippen LogP contribution in [0.25, 0.3) is 0 Å². The van der Waals surface area contributed by atoms with E-state index in [0.29, 0.717) is 18.2 Å². The standard InChI is InChI=1S/C17H15BrF2INO/c1-10-8-12(21)4-6-14(10)22(23-9-11-2-3-11)15-7-5-13(18)16(19)17(15)20/h4-8,11H,2-3,9H2,1H3. The van der Waals surface area contributed by atoms with E-state index in [1.54, 1.807) is 0 Å². The van der Waals surface area contributed by atoms with Gasteiger partial charge in [0.25, 0.3) is 0 Å². The van der Waals surface area contributed by atoms with Crippen molar-refractivity contribution in [1.29, 1.82) is 0 Å². The van der Waals surface area contributed by atoms with Crippen molar-refractivity contribution in [3.05, 3.63) is 55.6 Å². The first kappa shape index (κ1) is 17.1. The summed E-state index contributed by atoms with van der Waals surface area (Å²) >= 11 is 5.23. The van der Waals surface area contributed by atoms with Crippen LogP contribution in [0, 0.1) is 28.0 Å². The summed E-state index contributed by atoms with van der Waals surface area (Å²) in [4.78, 5) is 5.84. The zero-order valence-corrected chi connectivity index (χ0v) is 16.2. The second-order valence-electron chi connectivity index (χ2n) is 5.66. The molecule has 1 aliphatic carbocycles. The Labute approximate surface area is 156 Å². The molecule has 6 heteroatoms. The maximum absolute atomic E-state index is 14.4. The molecule has 2 aromatic carbocycles. The van der Waals surface area contributed by atoms with E-state index >= 15 is 0 Å². The minimum Gasteiger partial charge on any atom is -0.268 e. The number of benzene rings is 2. The molecule has 0 amide bonds. The topological polar surface area (TPSA) is 12.5 Å². The molecule has 122 valence electrons. The smallest absolute Gasteiger partial charge is 0.186 e. The van der Waals surface area contributed by atoms with Crippen LogP contribution in [0.15, 0.2) is 34.8 Å². The third-order valence-corrected chi connectivity index (χ3v) is 5.03. The average molecular weight is 494 g/mol. The van der Waals surface area contributed by atoms with Crippen molar-refractivity contribution in [3.8, 4) is 0 Å². The van der Waals surface area contributed by atoms with Crippen LogP contribution in [0.4, 0.5) is 20.2 Å². The highest BCUT2D eigenvalue weighted by molar-refractivity contribution is 14.1. The molecule has 1 saturated carbocycles. The van der Waals surface area contributed by atoms with E-state index < -0.39 is 11.6 Å². The zero-order valence-electron chi connectivity index (χ0n) is 12.5. The Balaban J connectivity index is 2.02. The lowest BCUT2D eigenvalue weighted by molar-refractivity contribution is 0.123. The van der Waals surface area contributed by atoms with E-state index in [1.165, 1.54) is 17.2 Å².